The molecular weight excluding hydrogens is 614 g/mol. The molecule has 1 aliphatic rings. The van der Waals surface area contributed by atoms with Crippen LogP contribution in [0, 0.1) is 5.92 Å². The maximum Gasteiger partial charge on any atom is 0.272 e. The number of nitrogens with one attached hydrogen (secondary N) is 5. The van der Waals surface area contributed by atoms with Crippen LogP contribution in [0.1, 0.15) is 56.4 Å². The molecule has 13 nitrogen and oxygen atoms in total. The molecule has 4 rings (SSSR count). The van der Waals surface area contributed by atoms with Gasteiger partial charge >= 0.3 is 0 Å². The van der Waals surface area contributed by atoms with Gasteiger partial charge in [-0.2, -0.15) is 0 Å². The molecule has 2 atom stereocenters. The predicted octanol–water partition coefficient (Wildman–Crippen LogP) is 3.50. The summed E-state index contributed by atoms with van der Waals surface area (Å²) in [6.45, 7) is 3.36. The number of anilines is 3. The summed E-state index contributed by atoms with van der Waals surface area (Å²) in [4.78, 5) is 75.1. The van der Waals surface area contributed by atoms with Crippen LogP contribution in [-0.2, 0) is 31.0 Å². The number of hydrogen-bond acceptors (Lipinski definition) is 7. The minimum absolute atomic E-state index is 0.142. The molecule has 1 aromatic heterocycles. The highest BCUT2D eigenvalue weighted by Gasteiger charge is 2.34. The SMILES string of the molecule is CNc1ccc(-c2cc(C(=O)Nc3ccc(NC(=O)C(C)NC(=O)CNC(=O)CCCCCN4C(=O)CC(C)C4=O)cc3)n(C)c2)cc1. The average Bonchev–Trinajstić information content (AvgIpc) is 3.58. The topological polar surface area (TPSA) is 171 Å². The molecule has 254 valence electrons. The lowest BCUT2D eigenvalue weighted by atomic mass is 10.1. The van der Waals surface area contributed by atoms with Gasteiger partial charge in [-0.15, -0.1) is 0 Å². The molecule has 13 heteroatoms. The van der Waals surface area contributed by atoms with E-state index in [4.69, 9.17) is 0 Å². The minimum Gasteiger partial charge on any atom is -0.388 e. The smallest absolute Gasteiger partial charge is 0.272 e. The van der Waals surface area contributed by atoms with E-state index in [-0.39, 0.29) is 48.9 Å². The molecule has 0 radical (unpaired) electrons. The van der Waals surface area contributed by atoms with Crippen molar-refractivity contribution in [2.45, 2.75) is 52.0 Å². The normalized spacial score (nSPS) is 14.8. The van der Waals surface area contributed by atoms with E-state index in [1.807, 2.05) is 50.6 Å². The first-order valence-electron chi connectivity index (χ1n) is 16.0. The number of carbonyl (C=O) groups excluding carboxylic acids is 6. The van der Waals surface area contributed by atoms with Crippen molar-refractivity contribution in [1.82, 2.24) is 20.1 Å². The molecule has 2 heterocycles. The van der Waals surface area contributed by atoms with Gasteiger partial charge in [0.1, 0.15) is 11.7 Å². The van der Waals surface area contributed by atoms with E-state index in [9.17, 15) is 28.8 Å². The Hall–Kier alpha value is -5.46. The lowest BCUT2D eigenvalue weighted by molar-refractivity contribution is -0.139. The van der Waals surface area contributed by atoms with Gasteiger partial charge in [0.25, 0.3) is 5.91 Å². The number of unbranched alkanes of at least 4 members (excludes halogenated alkanes) is 2. The molecule has 6 amide bonds. The Morgan fingerprint density at radius 1 is 0.854 bits per heavy atom. The van der Waals surface area contributed by atoms with Crippen LogP contribution < -0.4 is 26.6 Å². The van der Waals surface area contributed by atoms with Crippen LogP contribution in [0.3, 0.4) is 0 Å². The summed E-state index contributed by atoms with van der Waals surface area (Å²) in [7, 11) is 3.66. The van der Waals surface area contributed by atoms with Crippen molar-refractivity contribution in [3.8, 4) is 11.1 Å². The van der Waals surface area contributed by atoms with Gasteiger partial charge in [-0.25, -0.2) is 0 Å². The second kappa shape index (κ2) is 16.4. The quantitative estimate of drug-likeness (QED) is 0.123. The number of nitrogens with zero attached hydrogens (tertiary/aromatic N) is 2. The minimum atomic E-state index is -0.867. The van der Waals surface area contributed by atoms with Crippen molar-refractivity contribution >= 4 is 52.5 Å². The largest absolute Gasteiger partial charge is 0.388 e. The summed E-state index contributed by atoms with van der Waals surface area (Å²) in [5.41, 5.74) is 4.42. The molecule has 0 aliphatic carbocycles. The van der Waals surface area contributed by atoms with E-state index in [2.05, 4.69) is 26.6 Å². The van der Waals surface area contributed by atoms with Crippen LogP contribution in [-0.4, -0.2) is 71.1 Å². The fourth-order valence-electron chi connectivity index (χ4n) is 5.30. The van der Waals surface area contributed by atoms with Gasteiger partial charge < -0.3 is 31.2 Å². The van der Waals surface area contributed by atoms with Crippen LogP contribution in [0.15, 0.2) is 60.8 Å². The van der Waals surface area contributed by atoms with Crippen molar-refractivity contribution < 1.29 is 28.8 Å². The van der Waals surface area contributed by atoms with Gasteiger partial charge in [0, 0.05) is 68.2 Å². The molecule has 5 N–H and O–H groups in total. The third kappa shape index (κ3) is 9.53. The van der Waals surface area contributed by atoms with Crippen LogP contribution in [0.4, 0.5) is 17.1 Å². The Morgan fingerprint density at radius 2 is 1.50 bits per heavy atom. The Labute approximate surface area is 279 Å². The molecule has 1 fully saturated rings. The first kappa shape index (κ1) is 35.4. The van der Waals surface area contributed by atoms with Gasteiger partial charge in [0.05, 0.1) is 6.54 Å². The Kier molecular flexibility index (Phi) is 12.1. The van der Waals surface area contributed by atoms with Gasteiger partial charge in [-0.3, -0.25) is 33.7 Å². The number of imide groups is 1. The predicted molar refractivity (Wildman–Crippen MR) is 183 cm³/mol. The molecule has 0 spiro atoms. The lowest BCUT2D eigenvalue weighted by Crippen LogP contribution is -2.45. The fraction of sp³-hybridized carbons (Fsp3) is 0.371. The molecule has 0 bridgehead atoms. The molecule has 2 aromatic carbocycles. The van der Waals surface area contributed by atoms with E-state index < -0.39 is 17.9 Å². The second-order valence-electron chi connectivity index (χ2n) is 11.9. The van der Waals surface area contributed by atoms with Gasteiger partial charge in [-0.1, -0.05) is 25.5 Å². The number of aromatic nitrogens is 1. The van der Waals surface area contributed by atoms with Gasteiger partial charge in [-0.05, 0) is 67.8 Å². The van der Waals surface area contributed by atoms with E-state index >= 15 is 0 Å². The molecule has 0 saturated carbocycles. The summed E-state index contributed by atoms with van der Waals surface area (Å²) < 4.78 is 1.76. The summed E-state index contributed by atoms with van der Waals surface area (Å²) >= 11 is 0. The number of likely N-dealkylation sites (tertiary alicyclic amines) is 1. The summed E-state index contributed by atoms with van der Waals surface area (Å²) in [6, 6.07) is 15.5. The van der Waals surface area contributed by atoms with Crippen LogP contribution in [0.2, 0.25) is 0 Å². The van der Waals surface area contributed by atoms with E-state index in [1.165, 1.54) is 11.8 Å². The maximum absolute atomic E-state index is 13.0. The summed E-state index contributed by atoms with van der Waals surface area (Å²) in [6.07, 6.45) is 4.18. The Morgan fingerprint density at radius 3 is 2.12 bits per heavy atom. The van der Waals surface area contributed by atoms with E-state index in [0.29, 0.717) is 42.9 Å². The lowest BCUT2D eigenvalue weighted by Gasteiger charge is -2.15. The first-order valence-corrected chi connectivity index (χ1v) is 16.0. The third-order valence-corrected chi connectivity index (χ3v) is 8.13. The average molecular weight is 658 g/mol. The first-order chi connectivity index (χ1) is 22.9. The Balaban J connectivity index is 1.14. The fourth-order valence-corrected chi connectivity index (χ4v) is 5.30. The zero-order valence-corrected chi connectivity index (χ0v) is 27.7. The molecule has 48 heavy (non-hydrogen) atoms. The molecule has 1 saturated heterocycles. The van der Waals surface area contributed by atoms with Crippen molar-refractivity contribution in [3.05, 3.63) is 66.5 Å². The highest BCUT2D eigenvalue weighted by atomic mass is 16.2. The number of hydrogen-bond donors (Lipinski definition) is 5. The van der Waals surface area contributed by atoms with Crippen LogP contribution in [0.25, 0.3) is 11.1 Å². The molecule has 1 aliphatic heterocycles. The van der Waals surface area contributed by atoms with Crippen molar-refractivity contribution in [1.29, 1.82) is 0 Å². The van der Waals surface area contributed by atoms with Crippen LogP contribution in [0.5, 0.6) is 0 Å². The maximum atomic E-state index is 13.0. The standard InChI is InChI=1S/C35H43N7O6/c1-22-18-32(45)42(35(22)48)17-7-5-6-8-30(43)37-20-31(44)38-23(2)33(46)39-27-13-15-28(16-14-27)40-34(47)29-19-25(21-41(29)4)24-9-11-26(36-3)12-10-24/h9-16,19,21-23,36H,5-8,17-18,20H2,1-4H3,(H,37,43)(H,38,44)(H,39,46)(H,40,47). The van der Waals surface area contributed by atoms with Crippen LogP contribution >= 0.6 is 0 Å². The zero-order valence-electron chi connectivity index (χ0n) is 27.7. The second-order valence-corrected chi connectivity index (χ2v) is 11.9. The number of carbonyl (C=O) groups is 6. The summed E-state index contributed by atoms with van der Waals surface area (Å²) in [5, 5.41) is 13.8. The third-order valence-electron chi connectivity index (χ3n) is 8.13. The van der Waals surface area contributed by atoms with Crippen molar-refractivity contribution in [2.24, 2.45) is 13.0 Å². The number of aryl methyl sites for hydroxylation is 1. The molecule has 2 unspecified atom stereocenters. The highest BCUT2D eigenvalue weighted by molar-refractivity contribution is 6.05. The Bertz CT molecular complexity index is 1650. The number of amides is 6. The molecule has 3 aromatic rings. The van der Waals surface area contributed by atoms with Crippen molar-refractivity contribution in [2.75, 3.05) is 36.1 Å². The van der Waals surface area contributed by atoms with Crippen molar-refractivity contribution in [3.63, 3.8) is 0 Å². The van der Waals surface area contributed by atoms with Gasteiger partial charge in [0.2, 0.25) is 29.5 Å². The van der Waals surface area contributed by atoms with E-state index in [0.717, 1.165) is 16.8 Å². The molecular formula is C35H43N7O6. The number of benzene rings is 2. The zero-order chi connectivity index (χ0) is 34.8. The van der Waals surface area contributed by atoms with Gasteiger partial charge in [0.15, 0.2) is 0 Å². The van der Waals surface area contributed by atoms with E-state index in [1.54, 1.807) is 35.8 Å². The number of rotatable bonds is 15. The monoisotopic (exact) mass is 657 g/mol. The highest BCUT2D eigenvalue weighted by Crippen LogP contribution is 2.24. The summed E-state index contributed by atoms with van der Waals surface area (Å²) in [5.74, 6) is -2.10.